The SMILES string of the molecule is Cc1c(C(C)(C)O)ccc2c1OCCCO2. The molecule has 1 aliphatic heterocycles. The van der Waals surface area contributed by atoms with E-state index in [0.29, 0.717) is 13.2 Å². The van der Waals surface area contributed by atoms with Crippen LogP contribution in [-0.4, -0.2) is 18.3 Å². The Bertz CT molecular complexity index is 391. The van der Waals surface area contributed by atoms with Gasteiger partial charge in [-0.05, 0) is 32.4 Å². The van der Waals surface area contributed by atoms with Crippen LogP contribution >= 0.6 is 0 Å². The summed E-state index contributed by atoms with van der Waals surface area (Å²) in [6, 6.07) is 3.78. The van der Waals surface area contributed by atoms with E-state index in [0.717, 1.165) is 29.0 Å². The normalized spacial score (nSPS) is 15.8. The second kappa shape index (κ2) is 3.98. The van der Waals surface area contributed by atoms with Crippen LogP contribution in [0.1, 0.15) is 31.4 Å². The minimum Gasteiger partial charge on any atom is -0.490 e. The first-order valence-corrected chi connectivity index (χ1v) is 5.62. The maximum atomic E-state index is 10.0. The summed E-state index contributed by atoms with van der Waals surface area (Å²) in [5, 5.41) is 10.0. The Kier molecular flexibility index (Phi) is 2.80. The molecule has 88 valence electrons. The van der Waals surface area contributed by atoms with Crippen LogP contribution in [0.15, 0.2) is 12.1 Å². The van der Waals surface area contributed by atoms with E-state index in [-0.39, 0.29) is 0 Å². The van der Waals surface area contributed by atoms with Gasteiger partial charge < -0.3 is 14.6 Å². The standard InChI is InChI=1S/C13H18O3/c1-9-10(13(2,3)14)5-6-11-12(9)16-8-4-7-15-11/h5-6,14H,4,7-8H2,1-3H3. The first kappa shape index (κ1) is 11.3. The maximum absolute atomic E-state index is 10.0. The monoisotopic (exact) mass is 222 g/mol. The van der Waals surface area contributed by atoms with Crippen molar-refractivity contribution in [1.82, 2.24) is 0 Å². The Morgan fingerprint density at radius 2 is 1.88 bits per heavy atom. The largest absolute Gasteiger partial charge is 0.490 e. The average Bonchev–Trinajstić information content (AvgIpc) is 2.41. The molecule has 0 spiro atoms. The van der Waals surface area contributed by atoms with E-state index in [1.54, 1.807) is 13.8 Å². The molecular formula is C13H18O3. The second-order valence-corrected chi connectivity index (χ2v) is 4.67. The van der Waals surface area contributed by atoms with Crippen molar-refractivity contribution < 1.29 is 14.6 Å². The molecule has 0 unspecified atom stereocenters. The van der Waals surface area contributed by atoms with E-state index in [1.807, 2.05) is 19.1 Å². The Hall–Kier alpha value is -1.22. The molecule has 0 aromatic heterocycles. The molecule has 0 aliphatic carbocycles. The number of aliphatic hydroxyl groups is 1. The molecule has 3 nitrogen and oxygen atoms in total. The van der Waals surface area contributed by atoms with Crippen molar-refractivity contribution in [2.24, 2.45) is 0 Å². The first-order chi connectivity index (χ1) is 7.50. The molecular weight excluding hydrogens is 204 g/mol. The number of hydrogen-bond acceptors (Lipinski definition) is 3. The zero-order valence-corrected chi connectivity index (χ0v) is 10.0. The topological polar surface area (TPSA) is 38.7 Å². The second-order valence-electron chi connectivity index (χ2n) is 4.67. The van der Waals surface area contributed by atoms with Gasteiger partial charge >= 0.3 is 0 Å². The highest BCUT2D eigenvalue weighted by Gasteiger charge is 2.23. The van der Waals surface area contributed by atoms with Crippen molar-refractivity contribution in [2.45, 2.75) is 32.8 Å². The Balaban J connectivity index is 2.50. The first-order valence-electron chi connectivity index (χ1n) is 5.62. The third kappa shape index (κ3) is 2.00. The van der Waals surface area contributed by atoms with Gasteiger partial charge in [0, 0.05) is 12.0 Å². The van der Waals surface area contributed by atoms with Gasteiger partial charge in [0.2, 0.25) is 0 Å². The lowest BCUT2D eigenvalue weighted by Crippen LogP contribution is -2.17. The zero-order chi connectivity index (χ0) is 11.8. The molecule has 2 rings (SSSR count). The number of ether oxygens (including phenoxy) is 2. The van der Waals surface area contributed by atoms with Crippen molar-refractivity contribution >= 4 is 0 Å². The van der Waals surface area contributed by atoms with E-state index < -0.39 is 5.60 Å². The highest BCUT2D eigenvalue weighted by molar-refractivity contribution is 5.51. The fourth-order valence-electron chi connectivity index (χ4n) is 2.04. The van der Waals surface area contributed by atoms with Gasteiger partial charge in [0.1, 0.15) is 0 Å². The number of rotatable bonds is 1. The van der Waals surface area contributed by atoms with E-state index in [9.17, 15) is 5.11 Å². The minimum atomic E-state index is -0.852. The molecule has 0 saturated heterocycles. The molecule has 0 saturated carbocycles. The van der Waals surface area contributed by atoms with Crippen LogP contribution in [0.25, 0.3) is 0 Å². The summed E-state index contributed by atoms with van der Waals surface area (Å²) in [4.78, 5) is 0. The van der Waals surface area contributed by atoms with Crippen molar-refractivity contribution in [3.8, 4) is 11.5 Å². The van der Waals surface area contributed by atoms with Gasteiger partial charge in [-0.25, -0.2) is 0 Å². The van der Waals surface area contributed by atoms with E-state index >= 15 is 0 Å². The fraction of sp³-hybridized carbons (Fsp3) is 0.538. The molecule has 0 fully saturated rings. The predicted molar refractivity (Wildman–Crippen MR) is 62.0 cm³/mol. The summed E-state index contributed by atoms with van der Waals surface area (Å²) in [7, 11) is 0. The molecule has 1 N–H and O–H groups in total. The molecule has 1 heterocycles. The van der Waals surface area contributed by atoms with Crippen LogP contribution in [0.2, 0.25) is 0 Å². The molecule has 0 amide bonds. The van der Waals surface area contributed by atoms with Gasteiger partial charge in [-0.1, -0.05) is 6.07 Å². The lowest BCUT2D eigenvalue weighted by Gasteiger charge is -2.22. The van der Waals surface area contributed by atoms with Crippen LogP contribution in [0.3, 0.4) is 0 Å². The lowest BCUT2D eigenvalue weighted by molar-refractivity contribution is 0.0775. The van der Waals surface area contributed by atoms with Crippen molar-refractivity contribution in [3.63, 3.8) is 0 Å². The van der Waals surface area contributed by atoms with Crippen molar-refractivity contribution in [2.75, 3.05) is 13.2 Å². The summed E-state index contributed by atoms with van der Waals surface area (Å²) in [6.07, 6.45) is 0.895. The summed E-state index contributed by atoms with van der Waals surface area (Å²) < 4.78 is 11.3. The van der Waals surface area contributed by atoms with Gasteiger partial charge in [0.15, 0.2) is 11.5 Å². The molecule has 3 heteroatoms. The van der Waals surface area contributed by atoms with Crippen LogP contribution in [-0.2, 0) is 5.60 Å². The molecule has 1 aliphatic rings. The summed E-state index contributed by atoms with van der Waals surface area (Å²) in [5.74, 6) is 1.56. The summed E-state index contributed by atoms with van der Waals surface area (Å²) >= 11 is 0. The van der Waals surface area contributed by atoms with Crippen LogP contribution in [0, 0.1) is 6.92 Å². The lowest BCUT2D eigenvalue weighted by atomic mass is 9.93. The fourth-order valence-corrected chi connectivity index (χ4v) is 2.04. The van der Waals surface area contributed by atoms with Gasteiger partial charge in [-0.2, -0.15) is 0 Å². The van der Waals surface area contributed by atoms with Crippen molar-refractivity contribution in [1.29, 1.82) is 0 Å². The molecule has 0 bridgehead atoms. The average molecular weight is 222 g/mol. The van der Waals surface area contributed by atoms with Crippen LogP contribution in [0.5, 0.6) is 11.5 Å². The summed E-state index contributed by atoms with van der Waals surface area (Å²) in [5.41, 5.74) is 0.998. The molecule has 1 aromatic carbocycles. The van der Waals surface area contributed by atoms with E-state index in [1.165, 1.54) is 0 Å². The maximum Gasteiger partial charge on any atom is 0.164 e. The Morgan fingerprint density at radius 3 is 2.56 bits per heavy atom. The third-order valence-electron chi connectivity index (χ3n) is 2.82. The number of benzene rings is 1. The van der Waals surface area contributed by atoms with Gasteiger partial charge in [-0.15, -0.1) is 0 Å². The minimum absolute atomic E-state index is 0.670. The quantitative estimate of drug-likeness (QED) is 0.793. The molecule has 1 aromatic rings. The number of hydrogen-bond donors (Lipinski definition) is 1. The highest BCUT2D eigenvalue weighted by atomic mass is 16.5. The van der Waals surface area contributed by atoms with Gasteiger partial charge in [0.25, 0.3) is 0 Å². The molecule has 16 heavy (non-hydrogen) atoms. The third-order valence-corrected chi connectivity index (χ3v) is 2.82. The van der Waals surface area contributed by atoms with E-state index in [4.69, 9.17) is 9.47 Å². The van der Waals surface area contributed by atoms with Gasteiger partial charge in [0.05, 0.1) is 18.8 Å². The molecule has 0 radical (unpaired) electrons. The predicted octanol–water partition coefficient (Wildman–Crippen LogP) is 2.38. The van der Waals surface area contributed by atoms with Crippen LogP contribution in [0.4, 0.5) is 0 Å². The smallest absolute Gasteiger partial charge is 0.164 e. The number of fused-ring (bicyclic) bond motifs is 1. The van der Waals surface area contributed by atoms with Crippen molar-refractivity contribution in [3.05, 3.63) is 23.3 Å². The zero-order valence-electron chi connectivity index (χ0n) is 10.0. The summed E-state index contributed by atoms with van der Waals surface area (Å²) in [6.45, 7) is 6.87. The van der Waals surface area contributed by atoms with Gasteiger partial charge in [-0.3, -0.25) is 0 Å². The Labute approximate surface area is 96.0 Å². The van der Waals surface area contributed by atoms with E-state index in [2.05, 4.69) is 0 Å². The highest BCUT2D eigenvalue weighted by Crippen LogP contribution is 2.38. The Morgan fingerprint density at radius 1 is 1.19 bits per heavy atom. The molecule has 0 atom stereocenters. The van der Waals surface area contributed by atoms with Crippen LogP contribution < -0.4 is 9.47 Å².